The largest absolute Gasteiger partial charge is 0.451 e. The Balaban J connectivity index is 2.00. The quantitative estimate of drug-likeness (QED) is 0.615. The van der Waals surface area contributed by atoms with E-state index in [1.54, 1.807) is 18.2 Å². The monoisotopic (exact) mass is 318 g/mol. The standard InChI is InChI=1S/C16H18N2O5/c1-3-8-17-15(21)10(2)23-13(19)9-18-12-7-5-4-6-11(12)14(20)16(18)22/h4-7,10H,3,8-9H2,1-2H3,(H,17,21)/t10-/m0/s1. The van der Waals surface area contributed by atoms with Gasteiger partial charge in [-0.25, -0.2) is 0 Å². The summed E-state index contributed by atoms with van der Waals surface area (Å²) in [6.45, 7) is 3.44. The van der Waals surface area contributed by atoms with Crippen LogP contribution in [-0.2, 0) is 19.1 Å². The van der Waals surface area contributed by atoms with Gasteiger partial charge in [-0.15, -0.1) is 0 Å². The molecule has 1 aliphatic heterocycles. The molecule has 1 N–H and O–H groups in total. The van der Waals surface area contributed by atoms with Crippen molar-refractivity contribution in [2.45, 2.75) is 26.4 Å². The summed E-state index contributed by atoms with van der Waals surface area (Å²) in [7, 11) is 0. The Kier molecular flexibility index (Phi) is 5.10. The van der Waals surface area contributed by atoms with Crippen molar-refractivity contribution in [2.24, 2.45) is 0 Å². The molecular formula is C16H18N2O5. The molecule has 2 rings (SSSR count). The minimum absolute atomic E-state index is 0.263. The highest BCUT2D eigenvalue weighted by Crippen LogP contribution is 2.28. The average Bonchev–Trinajstić information content (AvgIpc) is 2.78. The molecule has 0 spiro atoms. The summed E-state index contributed by atoms with van der Waals surface area (Å²) in [6.07, 6.45) is -0.189. The van der Waals surface area contributed by atoms with Crippen LogP contribution in [0.4, 0.5) is 5.69 Å². The lowest BCUT2D eigenvalue weighted by Gasteiger charge is -2.18. The molecule has 0 saturated carbocycles. The number of carbonyl (C=O) groups excluding carboxylic acids is 4. The van der Waals surface area contributed by atoms with Gasteiger partial charge in [0.1, 0.15) is 6.54 Å². The normalized spacial score (nSPS) is 14.4. The number of Topliss-reactive ketones (excluding diaryl/α,β-unsaturated/α-hetero) is 1. The number of carbonyl (C=O) groups is 4. The lowest BCUT2D eigenvalue weighted by atomic mass is 10.1. The Labute approximate surface area is 133 Å². The summed E-state index contributed by atoms with van der Waals surface area (Å²) in [5, 5.41) is 2.61. The molecule has 0 unspecified atom stereocenters. The summed E-state index contributed by atoms with van der Waals surface area (Å²) in [6, 6.07) is 6.43. The number of amides is 2. The van der Waals surface area contributed by atoms with Crippen LogP contribution in [0.5, 0.6) is 0 Å². The first-order valence-electron chi connectivity index (χ1n) is 7.38. The van der Waals surface area contributed by atoms with E-state index in [4.69, 9.17) is 4.74 Å². The van der Waals surface area contributed by atoms with Crippen molar-refractivity contribution in [3.8, 4) is 0 Å². The topological polar surface area (TPSA) is 92.8 Å². The lowest BCUT2D eigenvalue weighted by Crippen LogP contribution is -2.40. The van der Waals surface area contributed by atoms with Gasteiger partial charge in [-0.3, -0.25) is 24.1 Å². The fourth-order valence-electron chi connectivity index (χ4n) is 2.21. The van der Waals surface area contributed by atoms with E-state index < -0.39 is 36.2 Å². The molecule has 0 bridgehead atoms. The van der Waals surface area contributed by atoms with Crippen LogP contribution in [-0.4, -0.2) is 42.8 Å². The third-order valence-electron chi connectivity index (χ3n) is 3.39. The predicted octanol–water partition coefficient (Wildman–Crippen LogP) is 0.674. The number of esters is 1. The smallest absolute Gasteiger partial charge is 0.326 e. The molecule has 23 heavy (non-hydrogen) atoms. The summed E-state index contributed by atoms with van der Waals surface area (Å²) in [5.74, 6) is -2.57. The second kappa shape index (κ2) is 7.04. The van der Waals surface area contributed by atoms with Crippen LogP contribution in [0.1, 0.15) is 30.6 Å². The van der Waals surface area contributed by atoms with Crippen LogP contribution in [0.15, 0.2) is 24.3 Å². The number of ketones is 1. The van der Waals surface area contributed by atoms with E-state index in [2.05, 4.69) is 5.32 Å². The molecule has 1 atom stereocenters. The second-order valence-electron chi connectivity index (χ2n) is 5.16. The zero-order valence-electron chi connectivity index (χ0n) is 13.0. The first-order chi connectivity index (χ1) is 11.0. The van der Waals surface area contributed by atoms with Gasteiger partial charge in [0.05, 0.1) is 11.3 Å². The van der Waals surface area contributed by atoms with Crippen LogP contribution in [0.2, 0.25) is 0 Å². The molecular weight excluding hydrogens is 300 g/mol. The lowest BCUT2D eigenvalue weighted by molar-refractivity contribution is -0.153. The zero-order valence-corrected chi connectivity index (χ0v) is 13.0. The van der Waals surface area contributed by atoms with E-state index >= 15 is 0 Å². The maximum atomic E-state index is 11.9. The van der Waals surface area contributed by atoms with Crippen LogP contribution in [0.3, 0.4) is 0 Å². The van der Waals surface area contributed by atoms with Crippen molar-refractivity contribution in [3.63, 3.8) is 0 Å². The number of fused-ring (bicyclic) bond motifs is 1. The van der Waals surface area contributed by atoms with Gasteiger partial charge >= 0.3 is 5.97 Å². The number of hydrogen-bond donors (Lipinski definition) is 1. The molecule has 1 heterocycles. The van der Waals surface area contributed by atoms with Gasteiger partial charge in [-0.2, -0.15) is 0 Å². The number of hydrogen-bond acceptors (Lipinski definition) is 5. The number of rotatable bonds is 6. The fraction of sp³-hybridized carbons (Fsp3) is 0.375. The molecule has 0 radical (unpaired) electrons. The minimum Gasteiger partial charge on any atom is -0.451 e. The Morgan fingerprint density at radius 1 is 1.26 bits per heavy atom. The van der Waals surface area contributed by atoms with Crippen molar-refractivity contribution in [3.05, 3.63) is 29.8 Å². The maximum Gasteiger partial charge on any atom is 0.326 e. The van der Waals surface area contributed by atoms with Crippen LogP contribution in [0.25, 0.3) is 0 Å². The first-order valence-corrected chi connectivity index (χ1v) is 7.38. The van der Waals surface area contributed by atoms with E-state index in [1.165, 1.54) is 13.0 Å². The highest BCUT2D eigenvalue weighted by Gasteiger charge is 2.37. The first kappa shape index (κ1) is 16.7. The third kappa shape index (κ3) is 3.56. The Hall–Kier alpha value is -2.70. The van der Waals surface area contributed by atoms with Crippen LogP contribution in [0, 0.1) is 0 Å². The molecule has 7 nitrogen and oxygen atoms in total. The van der Waals surface area contributed by atoms with Crippen molar-refractivity contribution < 1.29 is 23.9 Å². The van der Waals surface area contributed by atoms with Gasteiger partial charge in [-0.05, 0) is 25.5 Å². The fourth-order valence-corrected chi connectivity index (χ4v) is 2.21. The molecule has 1 aromatic rings. The summed E-state index contributed by atoms with van der Waals surface area (Å²) >= 11 is 0. The Bertz CT molecular complexity index is 656. The van der Waals surface area contributed by atoms with Crippen molar-refractivity contribution in [2.75, 3.05) is 18.0 Å². The van der Waals surface area contributed by atoms with E-state index in [0.29, 0.717) is 12.2 Å². The predicted molar refractivity (Wildman–Crippen MR) is 82.0 cm³/mol. The second-order valence-corrected chi connectivity index (χ2v) is 5.16. The maximum absolute atomic E-state index is 11.9. The van der Waals surface area contributed by atoms with E-state index in [9.17, 15) is 19.2 Å². The molecule has 0 aliphatic carbocycles. The summed E-state index contributed by atoms with van der Waals surface area (Å²) in [5.41, 5.74) is 0.640. The van der Waals surface area contributed by atoms with E-state index in [0.717, 1.165) is 11.3 Å². The molecule has 0 fully saturated rings. The summed E-state index contributed by atoms with van der Waals surface area (Å²) < 4.78 is 5.01. The summed E-state index contributed by atoms with van der Waals surface area (Å²) in [4.78, 5) is 48.5. The van der Waals surface area contributed by atoms with Crippen molar-refractivity contribution in [1.82, 2.24) is 5.32 Å². The van der Waals surface area contributed by atoms with Gasteiger partial charge in [0.25, 0.3) is 17.6 Å². The van der Waals surface area contributed by atoms with Crippen LogP contribution < -0.4 is 10.2 Å². The molecule has 7 heteroatoms. The van der Waals surface area contributed by atoms with Gasteiger partial charge in [-0.1, -0.05) is 19.1 Å². The SMILES string of the molecule is CCCNC(=O)[C@H](C)OC(=O)CN1C(=O)C(=O)c2ccccc21. The molecule has 1 aromatic carbocycles. The number of nitrogens with one attached hydrogen (secondary N) is 1. The number of ether oxygens (including phenoxy) is 1. The number of anilines is 1. The molecule has 1 aliphatic rings. The Morgan fingerprint density at radius 3 is 2.65 bits per heavy atom. The van der Waals surface area contributed by atoms with Crippen molar-refractivity contribution in [1.29, 1.82) is 0 Å². The van der Waals surface area contributed by atoms with Crippen LogP contribution >= 0.6 is 0 Å². The molecule has 2 amide bonds. The van der Waals surface area contributed by atoms with Gasteiger partial charge in [0.15, 0.2) is 6.10 Å². The number of benzene rings is 1. The highest BCUT2D eigenvalue weighted by atomic mass is 16.5. The molecule has 122 valence electrons. The highest BCUT2D eigenvalue weighted by molar-refractivity contribution is 6.52. The average molecular weight is 318 g/mol. The minimum atomic E-state index is -0.960. The van der Waals surface area contributed by atoms with Gasteiger partial charge in [0, 0.05) is 6.54 Å². The van der Waals surface area contributed by atoms with Crippen molar-refractivity contribution >= 4 is 29.3 Å². The van der Waals surface area contributed by atoms with Gasteiger partial charge in [0.2, 0.25) is 0 Å². The zero-order chi connectivity index (χ0) is 17.0. The van der Waals surface area contributed by atoms with E-state index in [-0.39, 0.29) is 5.56 Å². The molecule has 0 saturated heterocycles. The van der Waals surface area contributed by atoms with Gasteiger partial charge < -0.3 is 10.1 Å². The van der Waals surface area contributed by atoms with E-state index in [1.807, 2.05) is 6.92 Å². The molecule has 0 aromatic heterocycles. The number of nitrogens with zero attached hydrogens (tertiary/aromatic N) is 1. The Morgan fingerprint density at radius 2 is 1.96 bits per heavy atom. The third-order valence-corrected chi connectivity index (χ3v) is 3.39. The number of para-hydroxylation sites is 1.